The molecule has 1 amide bonds. The van der Waals surface area contributed by atoms with Crippen molar-refractivity contribution in [2.45, 2.75) is 26.9 Å². The first-order valence-electron chi connectivity index (χ1n) is 7.88. The molecule has 0 bridgehead atoms. The van der Waals surface area contributed by atoms with Gasteiger partial charge in [0.15, 0.2) is 5.82 Å². The van der Waals surface area contributed by atoms with Crippen LogP contribution in [0.1, 0.15) is 17.2 Å². The largest absolute Gasteiger partial charge is 0.497 e. The van der Waals surface area contributed by atoms with E-state index >= 15 is 0 Å². The number of benzene rings is 1. The van der Waals surface area contributed by atoms with Crippen LogP contribution in [-0.4, -0.2) is 38.0 Å². The van der Waals surface area contributed by atoms with Crippen LogP contribution in [-0.2, 0) is 17.9 Å². The standard InChI is InChI=1S/C17H20N6O2/c1-11-8-12(2)23(22-11)10-16(24)18-9-15-19-17(21-20-15)13-4-6-14(25-3)7-5-13/h4-8H,9-10H2,1-3H3,(H,18,24)(H,19,20,21). The number of carbonyl (C=O) groups is 1. The van der Waals surface area contributed by atoms with Crippen molar-refractivity contribution in [2.24, 2.45) is 0 Å². The Morgan fingerprint density at radius 3 is 2.68 bits per heavy atom. The van der Waals surface area contributed by atoms with Gasteiger partial charge in [-0.25, -0.2) is 4.98 Å². The van der Waals surface area contributed by atoms with Gasteiger partial charge in [0.2, 0.25) is 5.91 Å². The maximum absolute atomic E-state index is 12.0. The summed E-state index contributed by atoms with van der Waals surface area (Å²) in [5.74, 6) is 1.81. The number of amides is 1. The summed E-state index contributed by atoms with van der Waals surface area (Å²) < 4.78 is 6.81. The van der Waals surface area contributed by atoms with E-state index in [-0.39, 0.29) is 19.0 Å². The van der Waals surface area contributed by atoms with Crippen LogP contribution >= 0.6 is 0 Å². The van der Waals surface area contributed by atoms with E-state index in [9.17, 15) is 4.79 Å². The third-order valence-corrected chi connectivity index (χ3v) is 3.73. The number of hydrogen-bond donors (Lipinski definition) is 2. The second kappa shape index (κ2) is 7.16. The minimum atomic E-state index is -0.131. The van der Waals surface area contributed by atoms with Crippen molar-refractivity contribution in [2.75, 3.05) is 7.11 Å². The Morgan fingerprint density at radius 2 is 2.04 bits per heavy atom. The van der Waals surface area contributed by atoms with Crippen LogP contribution < -0.4 is 10.1 Å². The van der Waals surface area contributed by atoms with E-state index in [4.69, 9.17) is 4.74 Å². The topological polar surface area (TPSA) is 97.7 Å². The summed E-state index contributed by atoms with van der Waals surface area (Å²) in [6, 6.07) is 9.40. The molecule has 0 aliphatic rings. The molecule has 2 heterocycles. The lowest BCUT2D eigenvalue weighted by atomic mass is 10.2. The van der Waals surface area contributed by atoms with Crippen molar-refractivity contribution in [1.82, 2.24) is 30.3 Å². The number of nitrogens with one attached hydrogen (secondary N) is 2. The minimum absolute atomic E-state index is 0.131. The molecule has 0 spiro atoms. The number of carbonyl (C=O) groups excluding carboxylic acids is 1. The van der Waals surface area contributed by atoms with Crippen molar-refractivity contribution < 1.29 is 9.53 Å². The number of nitrogens with zero attached hydrogens (tertiary/aromatic N) is 4. The van der Waals surface area contributed by atoms with Crippen molar-refractivity contribution in [3.8, 4) is 17.1 Å². The van der Waals surface area contributed by atoms with Gasteiger partial charge in [0, 0.05) is 11.3 Å². The first kappa shape index (κ1) is 16.7. The Hall–Kier alpha value is -3.16. The van der Waals surface area contributed by atoms with E-state index in [0.29, 0.717) is 11.6 Å². The lowest BCUT2D eigenvalue weighted by molar-refractivity contribution is -0.122. The molecule has 8 nitrogen and oxygen atoms in total. The molecule has 0 radical (unpaired) electrons. The van der Waals surface area contributed by atoms with E-state index in [1.165, 1.54) is 0 Å². The van der Waals surface area contributed by atoms with Gasteiger partial charge in [0.1, 0.15) is 18.1 Å². The fourth-order valence-electron chi connectivity index (χ4n) is 2.45. The summed E-state index contributed by atoms with van der Waals surface area (Å²) in [4.78, 5) is 16.4. The molecule has 0 aliphatic heterocycles. The van der Waals surface area contributed by atoms with Crippen LogP contribution in [0.15, 0.2) is 30.3 Å². The van der Waals surface area contributed by atoms with E-state index in [1.54, 1.807) is 11.8 Å². The van der Waals surface area contributed by atoms with Crippen LogP contribution in [0.3, 0.4) is 0 Å². The fourth-order valence-corrected chi connectivity index (χ4v) is 2.45. The quantitative estimate of drug-likeness (QED) is 0.710. The second-order valence-electron chi connectivity index (χ2n) is 5.70. The maximum Gasteiger partial charge on any atom is 0.242 e. The molecule has 8 heteroatoms. The molecule has 0 aliphatic carbocycles. The number of ether oxygens (including phenoxy) is 1. The molecular weight excluding hydrogens is 320 g/mol. The predicted molar refractivity (Wildman–Crippen MR) is 91.9 cm³/mol. The monoisotopic (exact) mass is 340 g/mol. The molecule has 0 saturated heterocycles. The molecule has 3 rings (SSSR count). The van der Waals surface area contributed by atoms with E-state index in [2.05, 4.69) is 25.6 Å². The zero-order valence-electron chi connectivity index (χ0n) is 14.4. The molecule has 0 saturated carbocycles. The Kier molecular flexibility index (Phi) is 4.78. The first-order chi connectivity index (χ1) is 12.0. The molecule has 2 N–H and O–H groups in total. The van der Waals surface area contributed by atoms with Crippen LogP contribution in [0.25, 0.3) is 11.4 Å². The van der Waals surface area contributed by atoms with Crippen LogP contribution in [0, 0.1) is 13.8 Å². The predicted octanol–water partition coefficient (Wildman–Crippen LogP) is 1.61. The third-order valence-electron chi connectivity index (χ3n) is 3.73. The molecule has 130 valence electrons. The number of aryl methyl sites for hydroxylation is 2. The van der Waals surface area contributed by atoms with Gasteiger partial charge in [0.25, 0.3) is 0 Å². The van der Waals surface area contributed by atoms with Crippen LogP contribution in [0.4, 0.5) is 0 Å². The zero-order chi connectivity index (χ0) is 17.8. The van der Waals surface area contributed by atoms with E-state index in [0.717, 1.165) is 22.7 Å². The highest BCUT2D eigenvalue weighted by atomic mass is 16.5. The van der Waals surface area contributed by atoms with Gasteiger partial charge in [-0.1, -0.05) is 0 Å². The highest BCUT2D eigenvalue weighted by Gasteiger charge is 2.10. The maximum atomic E-state index is 12.0. The SMILES string of the molecule is COc1ccc(-c2n[nH]c(CNC(=O)Cn3nc(C)cc3C)n2)cc1. The number of H-pyrrole nitrogens is 1. The molecule has 2 aromatic heterocycles. The normalized spacial score (nSPS) is 10.7. The number of aromatic amines is 1. The summed E-state index contributed by atoms with van der Waals surface area (Å²) in [6.07, 6.45) is 0. The average molecular weight is 340 g/mol. The number of aromatic nitrogens is 5. The molecule has 3 aromatic rings. The van der Waals surface area contributed by atoms with Crippen molar-refractivity contribution in [3.63, 3.8) is 0 Å². The summed E-state index contributed by atoms with van der Waals surface area (Å²) >= 11 is 0. The summed E-state index contributed by atoms with van der Waals surface area (Å²) in [6.45, 7) is 4.28. The highest BCUT2D eigenvalue weighted by Crippen LogP contribution is 2.18. The van der Waals surface area contributed by atoms with Crippen LogP contribution in [0.5, 0.6) is 5.75 Å². The summed E-state index contributed by atoms with van der Waals surface area (Å²) in [5, 5.41) is 14.1. The summed E-state index contributed by atoms with van der Waals surface area (Å²) in [5.41, 5.74) is 2.72. The molecule has 0 atom stereocenters. The van der Waals surface area contributed by atoms with Gasteiger partial charge in [-0.3, -0.25) is 14.6 Å². The van der Waals surface area contributed by atoms with Gasteiger partial charge >= 0.3 is 0 Å². The van der Waals surface area contributed by atoms with E-state index in [1.807, 2.05) is 44.2 Å². The molecule has 25 heavy (non-hydrogen) atoms. The second-order valence-corrected chi connectivity index (χ2v) is 5.70. The van der Waals surface area contributed by atoms with Crippen molar-refractivity contribution >= 4 is 5.91 Å². The molecular formula is C17H20N6O2. The third kappa shape index (κ3) is 4.03. The lowest BCUT2D eigenvalue weighted by Crippen LogP contribution is -2.28. The highest BCUT2D eigenvalue weighted by molar-refractivity contribution is 5.75. The van der Waals surface area contributed by atoms with Crippen LogP contribution in [0.2, 0.25) is 0 Å². The first-order valence-corrected chi connectivity index (χ1v) is 7.88. The van der Waals surface area contributed by atoms with Crippen molar-refractivity contribution in [1.29, 1.82) is 0 Å². The van der Waals surface area contributed by atoms with Gasteiger partial charge in [0.05, 0.1) is 19.3 Å². The lowest BCUT2D eigenvalue weighted by Gasteiger charge is -2.05. The molecule has 0 fully saturated rings. The van der Waals surface area contributed by atoms with Gasteiger partial charge in [-0.2, -0.15) is 10.2 Å². The smallest absolute Gasteiger partial charge is 0.242 e. The fraction of sp³-hybridized carbons (Fsp3) is 0.294. The number of rotatable bonds is 6. The average Bonchev–Trinajstić information content (AvgIpc) is 3.20. The van der Waals surface area contributed by atoms with Gasteiger partial charge in [-0.15, -0.1) is 0 Å². The van der Waals surface area contributed by atoms with Gasteiger partial charge in [-0.05, 0) is 44.2 Å². The van der Waals surface area contributed by atoms with E-state index < -0.39 is 0 Å². The zero-order valence-corrected chi connectivity index (χ0v) is 14.4. The Balaban J connectivity index is 1.57. The number of methoxy groups -OCH3 is 1. The summed E-state index contributed by atoms with van der Waals surface area (Å²) in [7, 11) is 1.62. The molecule has 1 aromatic carbocycles. The Labute approximate surface area is 145 Å². The number of hydrogen-bond acceptors (Lipinski definition) is 5. The minimum Gasteiger partial charge on any atom is -0.497 e. The molecule has 0 unspecified atom stereocenters. The van der Waals surface area contributed by atoms with Crippen molar-refractivity contribution in [3.05, 3.63) is 47.5 Å². The Morgan fingerprint density at radius 1 is 1.28 bits per heavy atom. The Bertz CT molecular complexity index is 866. The van der Waals surface area contributed by atoms with Gasteiger partial charge < -0.3 is 10.1 Å².